The Bertz CT molecular complexity index is 206. The van der Waals surface area contributed by atoms with Crippen molar-refractivity contribution in [3.05, 3.63) is 11.5 Å². The lowest BCUT2D eigenvalue weighted by atomic mass is 10.2. The molecule has 0 saturated heterocycles. The van der Waals surface area contributed by atoms with Gasteiger partial charge in [0.15, 0.2) is 5.88 Å². The third kappa shape index (κ3) is 1.97. The number of hydrogen-bond donors (Lipinski definition) is 2. The second-order valence-electron chi connectivity index (χ2n) is 2.77. The zero-order chi connectivity index (χ0) is 8.27. The first-order chi connectivity index (χ1) is 5.24. The van der Waals surface area contributed by atoms with Crippen LogP contribution in [-0.4, -0.2) is 17.5 Å². The summed E-state index contributed by atoms with van der Waals surface area (Å²) in [4.78, 5) is 4.24. The van der Waals surface area contributed by atoms with Crippen molar-refractivity contribution < 1.29 is 5.11 Å². The number of amidine groups is 1. The standard InChI is InChI=1S/C8H14N2O/c1-3-4-7-9-5-6(2)8(11)10-7/h11H,3-5H2,1-2H3,(H,9,10). The molecule has 0 aromatic carbocycles. The van der Waals surface area contributed by atoms with Crippen molar-refractivity contribution >= 4 is 5.84 Å². The number of aliphatic imine (C=N–C) groups is 1. The van der Waals surface area contributed by atoms with Gasteiger partial charge in [-0.15, -0.1) is 0 Å². The average Bonchev–Trinajstić information content (AvgIpc) is 1.98. The van der Waals surface area contributed by atoms with Crippen LogP contribution in [0.15, 0.2) is 16.4 Å². The predicted molar refractivity (Wildman–Crippen MR) is 45.7 cm³/mol. The molecule has 11 heavy (non-hydrogen) atoms. The minimum absolute atomic E-state index is 0.281. The summed E-state index contributed by atoms with van der Waals surface area (Å²) in [6.07, 6.45) is 1.97. The Morgan fingerprint density at radius 1 is 1.64 bits per heavy atom. The Hall–Kier alpha value is -0.990. The smallest absolute Gasteiger partial charge is 0.190 e. The van der Waals surface area contributed by atoms with E-state index in [4.69, 9.17) is 0 Å². The second kappa shape index (κ2) is 3.42. The molecule has 0 fully saturated rings. The fourth-order valence-electron chi connectivity index (χ4n) is 0.950. The summed E-state index contributed by atoms with van der Waals surface area (Å²) in [5.41, 5.74) is 0.907. The van der Waals surface area contributed by atoms with Crippen molar-refractivity contribution in [1.82, 2.24) is 5.32 Å². The van der Waals surface area contributed by atoms with E-state index in [1.807, 2.05) is 6.92 Å². The van der Waals surface area contributed by atoms with Crippen molar-refractivity contribution in [2.75, 3.05) is 6.54 Å². The van der Waals surface area contributed by atoms with E-state index >= 15 is 0 Å². The number of nitrogens with one attached hydrogen (secondary N) is 1. The maximum absolute atomic E-state index is 9.26. The molecular formula is C8H14N2O. The van der Waals surface area contributed by atoms with E-state index in [0.29, 0.717) is 6.54 Å². The Balaban J connectivity index is 2.52. The predicted octanol–water partition coefficient (Wildman–Crippen LogP) is 1.58. The van der Waals surface area contributed by atoms with Gasteiger partial charge in [0.25, 0.3) is 0 Å². The molecule has 1 aliphatic heterocycles. The lowest BCUT2D eigenvalue weighted by molar-refractivity contribution is 0.375. The van der Waals surface area contributed by atoms with Gasteiger partial charge in [0.1, 0.15) is 5.84 Å². The molecule has 1 heterocycles. The summed E-state index contributed by atoms with van der Waals surface area (Å²) in [6.45, 7) is 4.59. The van der Waals surface area contributed by atoms with Crippen LogP contribution in [0.5, 0.6) is 0 Å². The van der Waals surface area contributed by atoms with Crippen molar-refractivity contribution in [3.8, 4) is 0 Å². The van der Waals surface area contributed by atoms with Gasteiger partial charge in [-0.3, -0.25) is 4.99 Å². The Labute approximate surface area is 66.8 Å². The average molecular weight is 154 g/mol. The quantitative estimate of drug-likeness (QED) is 0.634. The summed E-state index contributed by atoms with van der Waals surface area (Å²) in [5.74, 6) is 1.18. The van der Waals surface area contributed by atoms with Crippen LogP contribution >= 0.6 is 0 Å². The van der Waals surface area contributed by atoms with E-state index in [-0.39, 0.29) is 5.88 Å². The van der Waals surface area contributed by atoms with Crippen LogP contribution in [0.1, 0.15) is 26.7 Å². The molecule has 0 spiro atoms. The minimum atomic E-state index is 0.281. The van der Waals surface area contributed by atoms with Crippen molar-refractivity contribution in [1.29, 1.82) is 0 Å². The molecule has 0 amide bonds. The van der Waals surface area contributed by atoms with Crippen LogP contribution in [0.3, 0.4) is 0 Å². The van der Waals surface area contributed by atoms with Gasteiger partial charge in [-0.2, -0.15) is 0 Å². The van der Waals surface area contributed by atoms with Crippen molar-refractivity contribution in [2.45, 2.75) is 26.7 Å². The molecule has 0 aliphatic carbocycles. The van der Waals surface area contributed by atoms with Gasteiger partial charge in [0.2, 0.25) is 0 Å². The summed E-state index contributed by atoms with van der Waals surface area (Å²) in [7, 11) is 0. The normalized spacial score (nSPS) is 17.8. The molecule has 0 bridgehead atoms. The highest BCUT2D eigenvalue weighted by Crippen LogP contribution is 2.05. The molecule has 3 heteroatoms. The third-order valence-corrected chi connectivity index (χ3v) is 1.66. The highest BCUT2D eigenvalue weighted by atomic mass is 16.3. The minimum Gasteiger partial charge on any atom is -0.495 e. The van der Waals surface area contributed by atoms with Crippen molar-refractivity contribution in [2.24, 2.45) is 4.99 Å². The molecule has 3 nitrogen and oxygen atoms in total. The van der Waals surface area contributed by atoms with Crippen LogP contribution in [0.4, 0.5) is 0 Å². The van der Waals surface area contributed by atoms with E-state index < -0.39 is 0 Å². The fraction of sp³-hybridized carbons (Fsp3) is 0.625. The van der Waals surface area contributed by atoms with Gasteiger partial charge in [0, 0.05) is 12.0 Å². The number of rotatable bonds is 2. The summed E-state index contributed by atoms with van der Waals surface area (Å²) < 4.78 is 0. The number of aliphatic hydroxyl groups is 1. The molecule has 62 valence electrons. The van der Waals surface area contributed by atoms with Crippen LogP contribution in [0.2, 0.25) is 0 Å². The topological polar surface area (TPSA) is 44.6 Å². The maximum atomic E-state index is 9.26. The maximum Gasteiger partial charge on any atom is 0.190 e. The van der Waals surface area contributed by atoms with Gasteiger partial charge in [-0.1, -0.05) is 6.92 Å². The van der Waals surface area contributed by atoms with Crippen molar-refractivity contribution in [3.63, 3.8) is 0 Å². The Morgan fingerprint density at radius 3 is 2.91 bits per heavy atom. The lowest BCUT2D eigenvalue weighted by Gasteiger charge is -2.15. The van der Waals surface area contributed by atoms with Gasteiger partial charge in [0.05, 0.1) is 6.54 Å². The number of hydrogen-bond acceptors (Lipinski definition) is 3. The van der Waals surface area contributed by atoms with Gasteiger partial charge >= 0.3 is 0 Å². The molecule has 0 saturated carbocycles. The largest absolute Gasteiger partial charge is 0.495 e. The molecular weight excluding hydrogens is 140 g/mol. The van der Waals surface area contributed by atoms with Gasteiger partial charge in [-0.25, -0.2) is 0 Å². The first-order valence-electron chi connectivity index (χ1n) is 3.93. The molecule has 0 atom stereocenters. The molecule has 0 unspecified atom stereocenters. The molecule has 2 N–H and O–H groups in total. The van der Waals surface area contributed by atoms with Crippen LogP contribution in [0.25, 0.3) is 0 Å². The molecule has 0 radical (unpaired) electrons. The van der Waals surface area contributed by atoms with Gasteiger partial charge in [-0.05, 0) is 13.3 Å². The SMILES string of the molecule is CCCC1=NCC(C)=C(O)N1. The first-order valence-corrected chi connectivity index (χ1v) is 3.93. The molecule has 0 aromatic rings. The fourth-order valence-corrected chi connectivity index (χ4v) is 0.950. The van der Waals surface area contributed by atoms with Crippen LogP contribution in [-0.2, 0) is 0 Å². The lowest BCUT2D eigenvalue weighted by Crippen LogP contribution is -2.27. The number of aliphatic hydroxyl groups excluding tert-OH is 1. The van der Waals surface area contributed by atoms with E-state index in [1.165, 1.54) is 0 Å². The Kier molecular flexibility index (Phi) is 2.52. The summed E-state index contributed by atoms with van der Waals surface area (Å²) in [6, 6.07) is 0. The van der Waals surface area contributed by atoms with E-state index in [9.17, 15) is 5.11 Å². The Morgan fingerprint density at radius 2 is 2.36 bits per heavy atom. The van der Waals surface area contributed by atoms with Gasteiger partial charge < -0.3 is 10.4 Å². The monoisotopic (exact) mass is 154 g/mol. The summed E-state index contributed by atoms with van der Waals surface area (Å²) in [5, 5.41) is 12.1. The van der Waals surface area contributed by atoms with E-state index in [1.54, 1.807) is 0 Å². The number of nitrogens with zero attached hydrogens (tertiary/aromatic N) is 1. The zero-order valence-corrected chi connectivity index (χ0v) is 7.02. The van der Waals surface area contributed by atoms with E-state index in [2.05, 4.69) is 17.2 Å². The van der Waals surface area contributed by atoms with E-state index in [0.717, 1.165) is 24.3 Å². The van der Waals surface area contributed by atoms with Crippen LogP contribution in [0, 0.1) is 0 Å². The third-order valence-electron chi connectivity index (χ3n) is 1.66. The highest BCUT2D eigenvalue weighted by Gasteiger charge is 2.08. The highest BCUT2D eigenvalue weighted by molar-refractivity contribution is 5.84. The first kappa shape index (κ1) is 8.11. The zero-order valence-electron chi connectivity index (χ0n) is 7.02. The van der Waals surface area contributed by atoms with Crippen LogP contribution < -0.4 is 5.32 Å². The second-order valence-corrected chi connectivity index (χ2v) is 2.77. The molecule has 0 aromatic heterocycles. The molecule has 1 aliphatic rings. The summed E-state index contributed by atoms with van der Waals surface area (Å²) >= 11 is 0. The molecule has 1 rings (SSSR count).